The van der Waals surface area contributed by atoms with Gasteiger partial charge in [0.2, 0.25) is 10.0 Å². The quantitative estimate of drug-likeness (QED) is 0.458. The zero-order valence-corrected chi connectivity index (χ0v) is 20.2. The molecule has 1 unspecified atom stereocenters. The van der Waals surface area contributed by atoms with Gasteiger partial charge in [-0.15, -0.1) is 0 Å². The van der Waals surface area contributed by atoms with Crippen molar-refractivity contribution in [1.29, 1.82) is 5.26 Å². The number of pyridine rings is 1. The molecule has 1 aliphatic rings. The van der Waals surface area contributed by atoms with Crippen LogP contribution in [0.15, 0.2) is 48.9 Å². The van der Waals surface area contributed by atoms with E-state index < -0.39 is 21.7 Å². The number of sulfonamides is 1. The summed E-state index contributed by atoms with van der Waals surface area (Å²) in [6.07, 6.45) is 2.62. The average Bonchev–Trinajstić information content (AvgIpc) is 3.12. The highest BCUT2D eigenvalue weighted by molar-refractivity contribution is 7.92. The molecular weight excluding hydrogens is 478 g/mol. The van der Waals surface area contributed by atoms with Crippen molar-refractivity contribution < 1.29 is 22.1 Å². The van der Waals surface area contributed by atoms with Crippen molar-refractivity contribution in [2.75, 3.05) is 17.6 Å². The Hall–Kier alpha value is -3.54. The third kappa shape index (κ3) is 4.09. The Morgan fingerprint density at radius 2 is 2.18 bits per heavy atom. The molecule has 1 amide bonds. The number of amides is 1. The van der Waals surface area contributed by atoms with Gasteiger partial charge in [-0.2, -0.15) is 5.26 Å². The maximum atomic E-state index is 13.6. The van der Waals surface area contributed by atoms with Crippen LogP contribution in [0.2, 0.25) is 0 Å². The van der Waals surface area contributed by atoms with Crippen LogP contribution in [0.5, 0.6) is 5.75 Å². The van der Waals surface area contributed by atoms with Gasteiger partial charge in [-0.25, -0.2) is 12.8 Å². The molecule has 0 N–H and O–H groups in total. The predicted molar refractivity (Wildman–Crippen MR) is 129 cm³/mol. The molecule has 1 atom stereocenters. The smallest absolute Gasteiger partial charge is 0.258 e. The van der Waals surface area contributed by atoms with Gasteiger partial charge in [0.15, 0.2) is 5.75 Å². The second-order valence-corrected chi connectivity index (χ2v) is 10.5. The van der Waals surface area contributed by atoms with E-state index in [-0.39, 0.29) is 38.8 Å². The molecule has 2 aromatic carbocycles. The Bertz CT molecular complexity index is 1490. The summed E-state index contributed by atoms with van der Waals surface area (Å²) in [5, 5.41) is 9.92. The number of anilines is 1. The van der Waals surface area contributed by atoms with Crippen LogP contribution in [-0.2, 0) is 23.1 Å². The molecule has 0 aliphatic carbocycles. The fourth-order valence-electron chi connectivity index (χ4n) is 3.96. The summed E-state index contributed by atoms with van der Waals surface area (Å²) < 4.78 is 45.6. The third-order valence-corrected chi connectivity index (χ3v) is 7.22. The number of nitrogens with zero attached hydrogens (tertiary/aromatic N) is 4. The number of hydrogen-bond donors (Lipinski definition) is 0. The molecule has 0 bridgehead atoms. The fraction of sp³-hybridized carbons (Fsp3) is 0.174. The number of carbonyl (C=O) groups excluding carboxylic acids is 1. The molecule has 1 aliphatic heterocycles. The number of benzene rings is 2. The zero-order valence-electron chi connectivity index (χ0n) is 18.4. The Labute approximate surface area is 198 Å². The van der Waals surface area contributed by atoms with Gasteiger partial charge in [-0.3, -0.25) is 14.1 Å². The molecule has 4 rings (SSSR count). The molecule has 0 spiro atoms. The van der Waals surface area contributed by atoms with Gasteiger partial charge < -0.3 is 9.42 Å². The third-order valence-electron chi connectivity index (χ3n) is 5.55. The topological polar surface area (TPSA) is 104 Å². The maximum absolute atomic E-state index is 13.6. The van der Waals surface area contributed by atoms with Crippen molar-refractivity contribution in [2.24, 2.45) is 0 Å². The lowest BCUT2D eigenvalue weighted by Crippen LogP contribution is -2.26. The number of rotatable bonds is 7. The molecular formula is C23H20FN4O4PS. The largest absolute Gasteiger partial charge is 0.470 e. The molecule has 0 saturated carbocycles. The molecule has 0 saturated heterocycles. The second-order valence-electron chi connectivity index (χ2n) is 7.66. The van der Waals surface area contributed by atoms with Crippen molar-refractivity contribution in [3.05, 3.63) is 77.0 Å². The number of carbonyl (C=O) groups is 1. The van der Waals surface area contributed by atoms with E-state index in [9.17, 15) is 22.9 Å². The molecule has 0 radical (unpaired) electrons. The second kappa shape index (κ2) is 9.01. The Balaban J connectivity index is 1.93. The molecule has 34 heavy (non-hydrogen) atoms. The van der Waals surface area contributed by atoms with Crippen molar-refractivity contribution >= 4 is 41.3 Å². The van der Waals surface area contributed by atoms with Crippen LogP contribution < -0.4 is 8.83 Å². The van der Waals surface area contributed by atoms with Crippen molar-refractivity contribution in [3.8, 4) is 11.8 Å². The standard InChI is InChI=1S/C23H20FN4O4PS/c1-4-33-32-22-19-18(21(27(2)34(3,30)31)17-6-5-9-26-20(17)22)13-28(23(19)29)12-14-7-8-16(24)10-15(14)11-25/h4-10,33H,1,12-13H2,2-3H3. The summed E-state index contributed by atoms with van der Waals surface area (Å²) in [6, 6.07) is 9.16. The maximum Gasteiger partial charge on any atom is 0.258 e. The van der Waals surface area contributed by atoms with Crippen molar-refractivity contribution in [3.63, 3.8) is 0 Å². The van der Waals surface area contributed by atoms with Crippen LogP contribution in [0.25, 0.3) is 10.9 Å². The normalized spacial score (nSPS) is 13.4. The van der Waals surface area contributed by atoms with Crippen LogP contribution in [0.1, 0.15) is 27.0 Å². The number of fused-ring (bicyclic) bond motifs is 2. The molecule has 11 heteroatoms. The van der Waals surface area contributed by atoms with Gasteiger partial charge in [0.25, 0.3) is 5.91 Å². The zero-order chi connectivity index (χ0) is 24.6. The SMILES string of the molecule is C=CPOc1c2c(c(N(C)S(C)(=O)=O)c3cccnc13)CN(Cc1ccc(F)cc1C#N)C2=O. The minimum absolute atomic E-state index is 0.0334. The van der Waals surface area contributed by atoms with E-state index in [1.165, 1.54) is 30.3 Å². The van der Waals surface area contributed by atoms with Crippen LogP contribution >= 0.6 is 8.81 Å². The van der Waals surface area contributed by atoms with E-state index in [0.29, 0.717) is 27.7 Å². The fourth-order valence-corrected chi connectivity index (χ4v) is 4.90. The van der Waals surface area contributed by atoms with E-state index in [4.69, 9.17) is 4.52 Å². The lowest BCUT2D eigenvalue weighted by molar-refractivity contribution is 0.0765. The lowest BCUT2D eigenvalue weighted by atomic mass is 10.0. The number of aromatic nitrogens is 1. The highest BCUT2D eigenvalue weighted by Gasteiger charge is 2.38. The van der Waals surface area contributed by atoms with Crippen LogP contribution in [-0.4, -0.2) is 37.5 Å². The summed E-state index contributed by atoms with van der Waals surface area (Å²) in [7, 11) is -2.40. The van der Waals surface area contributed by atoms with E-state index in [1.54, 1.807) is 17.9 Å². The number of halogens is 1. The van der Waals surface area contributed by atoms with Gasteiger partial charge in [0, 0.05) is 37.3 Å². The summed E-state index contributed by atoms with van der Waals surface area (Å²) >= 11 is 0. The first-order valence-electron chi connectivity index (χ1n) is 10.1. The monoisotopic (exact) mass is 498 g/mol. The van der Waals surface area contributed by atoms with E-state index >= 15 is 0 Å². The Morgan fingerprint density at radius 1 is 1.41 bits per heavy atom. The minimum atomic E-state index is -3.67. The van der Waals surface area contributed by atoms with Crippen molar-refractivity contribution in [1.82, 2.24) is 9.88 Å². The molecule has 1 aromatic heterocycles. The van der Waals surface area contributed by atoms with Gasteiger partial charge in [0.05, 0.1) is 37.9 Å². The first-order chi connectivity index (χ1) is 16.2. The summed E-state index contributed by atoms with van der Waals surface area (Å²) in [5.74, 6) is 0.864. The molecule has 174 valence electrons. The first-order valence-corrected chi connectivity index (χ1v) is 12.9. The lowest BCUT2D eigenvalue weighted by Gasteiger charge is -2.23. The molecule has 8 nitrogen and oxygen atoms in total. The predicted octanol–water partition coefficient (Wildman–Crippen LogP) is 3.91. The molecule has 0 fully saturated rings. The van der Waals surface area contributed by atoms with Gasteiger partial charge in [-0.1, -0.05) is 12.6 Å². The Morgan fingerprint density at radius 3 is 2.85 bits per heavy atom. The first kappa shape index (κ1) is 23.6. The Kier molecular flexibility index (Phi) is 6.26. The van der Waals surface area contributed by atoms with Crippen LogP contribution in [0.4, 0.5) is 10.1 Å². The van der Waals surface area contributed by atoms with Crippen molar-refractivity contribution in [2.45, 2.75) is 13.1 Å². The minimum Gasteiger partial charge on any atom is -0.470 e. The summed E-state index contributed by atoms with van der Waals surface area (Å²) in [6.45, 7) is 3.77. The molecule has 2 heterocycles. The van der Waals surface area contributed by atoms with Gasteiger partial charge >= 0.3 is 0 Å². The number of hydrogen-bond acceptors (Lipinski definition) is 6. The van der Waals surface area contributed by atoms with Crippen LogP contribution in [0, 0.1) is 17.1 Å². The van der Waals surface area contributed by atoms with E-state index in [1.807, 2.05) is 6.07 Å². The van der Waals surface area contributed by atoms with Crippen LogP contribution in [0.3, 0.4) is 0 Å². The summed E-state index contributed by atoms with van der Waals surface area (Å²) in [5.41, 5.74) is 1.98. The van der Waals surface area contributed by atoms with Gasteiger partial charge in [0.1, 0.15) is 11.3 Å². The highest BCUT2D eigenvalue weighted by atomic mass is 32.2. The van der Waals surface area contributed by atoms with Gasteiger partial charge in [-0.05, 0) is 35.6 Å². The number of nitriles is 1. The highest BCUT2D eigenvalue weighted by Crippen LogP contribution is 2.46. The molecule has 3 aromatic rings. The van der Waals surface area contributed by atoms with E-state index in [0.717, 1.165) is 16.6 Å². The average molecular weight is 498 g/mol. The van der Waals surface area contributed by atoms with E-state index in [2.05, 4.69) is 11.6 Å². The summed E-state index contributed by atoms with van der Waals surface area (Å²) in [4.78, 5) is 19.4.